The van der Waals surface area contributed by atoms with Crippen LogP contribution in [-0.2, 0) is 20.9 Å². The zero-order valence-electron chi connectivity index (χ0n) is 21.1. The molecule has 0 bridgehead atoms. The Bertz CT molecular complexity index is 1840. The zero-order chi connectivity index (χ0) is 29.3. The lowest BCUT2D eigenvalue weighted by molar-refractivity contribution is -0.684. The highest BCUT2D eigenvalue weighted by Gasteiger charge is 2.37. The lowest BCUT2D eigenvalue weighted by atomic mass is 9.97. The maximum atomic E-state index is 13.5. The molecule has 0 atom stereocenters. The van der Waals surface area contributed by atoms with Gasteiger partial charge in [0.1, 0.15) is 39.3 Å². The summed E-state index contributed by atoms with van der Waals surface area (Å²) in [6, 6.07) is 14.6. The van der Waals surface area contributed by atoms with Crippen LogP contribution >= 0.6 is 11.6 Å². The Hall–Kier alpha value is -5.33. The number of azo groups is 1. The summed E-state index contributed by atoms with van der Waals surface area (Å²) in [6.07, 6.45) is 3.18. The van der Waals surface area contributed by atoms with Gasteiger partial charge in [-0.2, -0.15) is 4.57 Å². The van der Waals surface area contributed by atoms with Gasteiger partial charge in [0.05, 0.1) is 5.56 Å². The van der Waals surface area contributed by atoms with E-state index in [1.54, 1.807) is 42.7 Å². The number of aromatic hydroxyl groups is 3. The molecule has 1 aliphatic heterocycles. The van der Waals surface area contributed by atoms with Crippen molar-refractivity contribution in [3.8, 4) is 23.0 Å². The van der Waals surface area contributed by atoms with Crippen molar-refractivity contribution in [3.05, 3.63) is 94.9 Å². The average molecular weight is 609 g/mol. The van der Waals surface area contributed by atoms with Gasteiger partial charge in [-0.3, -0.25) is 14.4 Å². The van der Waals surface area contributed by atoms with E-state index in [4.69, 9.17) is 16.3 Å². The van der Waals surface area contributed by atoms with E-state index in [-0.39, 0.29) is 46.8 Å². The molecule has 1 aliphatic rings. The molecule has 3 aromatic carbocycles. The van der Waals surface area contributed by atoms with Crippen LogP contribution in [0.15, 0.2) is 94.6 Å². The molecule has 2 amide bonds. The number of nitrogens with zero attached hydrogens (tertiary/aromatic N) is 3. The number of hydrogen-bond donors (Lipinski definition) is 4. The van der Waals surface area contributed by atoms with E-state index < -0.39 is 57.0 Å². The molecule has 4 N–H and O–H groups in total. The number of benzene rings is 3. The highest BCUT2D eigenvalue weighted by atomic mass is 35.5. The number of nitrogens with one attached hydrogen (secondary N) is 1. The van der Waals surface area contributed by atoms with Crippen LogP contribution in [0.1, 0.15) is 10.4 Å². The summed E-state index contributed by atoms with van der Waals surface area (Å²) < 4.78 is 6.62. The number of carbonyl (C=O) groups excluding carboxylic acids is 4. The molecule has 0 saturated carbocycles. The Balaban J connectivity index is 0.00000405. The van der Waals surface area contributed by atoms with Crippen molar-refractivity contribution in [2.45, 2.75) is 6.54 Å². The smallest absolute Gasteiger partial charge is 0.350 e. The summed E-state index contributed by atoms with van der Waals surface area (Å²) >= 11 is 6.23. The molecular weight excluding hydrogens is 591 g/mol. The monoisotopic (exact) mass is 608 g/mol. The van der Waals surface area contributed by atoms with Crippen molar-refractivity contribution < 1.29 is 56.2 Å². The van der Waals surface area contributed by atoms with Crippen molar-refractivity contribution in [1.82, 2.24) is 0 Å². The first-order valence-electron chi connectivity index (χ1n) is 11.8. The number of pyridine rings is 1. The van der Waals surface area contributed by atoms with Gasteiger partial charge >= 0.3 is 11.9 Å². The van der Waals surface area contributed by atoms with Crippen LogP contribution in [0.25, 0.3) is 10.8 Å². The number of anilines is 1. The quantitative estimate of drug-likeness (QED) is 0.0371. The van der Waals surface area contributed by atoms with Gasteiger partial charge in [0.15, 0.2) is 18.1 Å². The summed E-state index contributed by atoms with van der Waals surface area (Å²) in [6.45, 7) is -0.278. The van der Waals surface area contributed by atoms with Crippen LogP contribution in [-0.4, -0.2) is 38.9 Å². The molecule has 0 unspecified atom stereocenters. The highest BCUT2D eigenvalue weighted by molar-refractivity contribution is 6.38. The fraction of sp³-hybridized carbons (Fsp3) is 0.0357. The number of fused-ring (bicyclic) bond motifs is 2. The van der Waals surface area contributed by atoms with Crippen LogP contribution in [0, 0.1) is 0 Å². The molecule has 12 nitrogen and oxygen atoms in total. The second-order valence-corrected chi connectivity index (χ2v) is 9.03. The summed E-state index contributed by atoms with van der Waals surface area (Å²) in [5, 5.41) is 40.4. The topological polar surface area (TPSA) is 179 Å². The number of Topliss-reactive ketones (excluding diaryl/α,β-unsaturated/α-hetero) is 1. The van der Waals surface area contributed by atoms with Crippen LogP contribution < -0.4 is 27.0 Å². The maximum absolute atomic E-state index is 13.5. The van der Waals surface area contributed by atoms with Gasteiger partial charge in [0, 0.05) is 29.0 Å². The molecule has 1 aromatic heterocycles. The lowest BCUT2D eigenvalue weighted by Crippen LogP contribution is -3.00. The fourth-order valence-electron chi connectivity index (χ4n) is 4.07. The molecule has 14 heteroatoms. The third kappa shape index (κ3) is 5.61. The first-order chi connectivity index (χ1) is 19.7. The Morgan fingerprint density at radius 3 is 2.26 bits per heavy atom. The predicted molar refractivity (Wildman–Crippen MR) is 143 cm³/mol. The number of rotatable bonds is 5. The molecule has 2 heterocycles. The van der Waals surface area contributed by atoms with E-state index in [1.165, 1.54) is 28.8 Å². The minimum Gasteiger partial charge on any atom is -1.00 e. The van der Waals surface area contributed by atoms with E-state index in [0.29, 0.717) is 0 Å². The van der Waals surface area contributed by atoms with E-state index >= 15 is 0 Å². The Kier molecular flexibility index (Phi) is 8.50. The lowest BCUT2D eigenvalue weighted by Gasteiger charge is -2.18. The van der Waals surface area contributed by atoms with Crippen molar-refractivity contribution in [3.63, 3.8) is 0 Å². The SMILES string of the molecule is O=C(C[n+]1ccccc1)N=N/C(C(=O)Nc1c(Cl)c(O)c2ccccc2c1O)=C1/C(=O)Oc2cc(O)ccc2C1=O.[Cl-]. The number of ether oxygens (including phenoxy) is 1. The van der Waals surface area contributed by atoms with Gasteiger partial charge in [-0.05, 0) is 12.1 Å². The second kappa shape index (κ2) is 12.0. The summed E-state index contributed by atoms with van der Waals surface area (Å²) in [4.78, 5) is 52.2. The van der Waals surface area contributed by atoms with E-state index in [1.807, 2.05) is 0 Å². The summed E-state index contributed by atoms with van der Waals surface area (Å²) in [5.74, 6) is -5.92. The van der Waals surface area contributed by atoms with E-state index in [0.717, 1.165) is 6.07 Å². The van der Waals surface area contributed by atoms with Gasteiger partial charge in [-0.25, -0.2) is 4.79 Å². The zero-order valence-corrected chi connectivity index (χ0v) is 22.6. The molecule has 0 radical (unpaired) electrons. The second-order valence-electron chi connectivity index (χ2n) is 8.65. The van der Waals surface area contributed by atoms with Gasteiger partial charge in [-0.1, -0.05) is 41.9 Å². The average Bonchev–Trinajstić information content (AvgIpc) is 2.96. The van der Waals surface area contributed by atoms with Crippen molar-refractivity contribution >= 4 is 51.6 Å². The first kappa shape index (κ1) is 29.6. The third-order valence-corrected chi connectivity index (χ3v) is 6.36. The molecule has 0 spiro atoms. The first-order valence-corrected chi connectivity index (χ1v) is 12.2. The number of phenols is 3. The summed E-state index contributed by atoms with van der Waals surface area (Å²) in [7, 11) is 0. The van der Waals surface area contributed by atoms with Crippen LogP contribution in [0.4, 0.5) is 5.69 Å². The molecule has 4 aromatic rings. The molecule has 0 saturated heterocycles. The van der Waals surface area contributed by atoms with Crippen LogP contribution in [0.2, 0.25) is 5.02 Å². The minimum atomic E-state index is -1.31. The number of halogens is 2. The fourth-order valence-corrected chi connectivity index (χ4v) is 4.30. The number of hydrogen-bond acceptors (Lipinski definition) is 9. The van der Waals surface area contributed by atoms with E-state index in [2.05, 4.69) is 15.5 Å². The van der Waals surface area contributed by atoms with Gasteiger partial charge in [0.25, 0.3) is 5.91 Å². The molecule has 42 heavy (non-hydrogen) atoms. The van der Waals surface area contributed by atoms with Crippen molar-refractivity contribution in [1.29, 1.82) is 0 Å². The van der Waals surface area contributed by atoms with Crippen LogP contribution in [0.3, 0.4) is 0 Å². The standard InChI is InChI=1S/C28H17ClN4O8.ClH/c29-21-23(26(38)16-7-3-2-6-15(16)25(21)37)30-27(39)22(32-31-19(35)13-33-10-4-1-5-11-33)20-24(36)17-9-8-14(34)12-18(17)41-28(20)40;/h1-12H,13H2,(H3-,30,31,32,34,35,36,37,38,39,40);1H. The van der Waals surface area contributed by atoms with Crippen molar-refractivity contribution in [2.24, 2.45) is 10.2 Å². The highest BCUT2D eigenvalue weighted by Crippen LogP contribution is 2.46. The maximum Gasteiger partial charge on any atom is 0.350 e. The normalized spacial score (nSPS) is 13.7. The molecule has 212 valence electrons. The van der Waals surface area contributed by atoms with Gasteiger partial charge in [0.2, 0.25) is 12.3 Å². The Morgan fingerprint density at radius 1 is 0.905 bits per heavy atom. The number of amides is 2. The largest absolute Gasteiger partial charge is 1.00 e. The molecule has 5 rings (SSSR count). The number of aromatic nitrogens is 1. The van der Waals surface area contributed by atoms with Crippen molar-refractivity contribution in [2.75, 3.05) is 5.32 Å². The summed E-state index contributed by atoms with van der Waals surface area (Å²) in [5.41, 5.74) is -2.42. The number of esters is 1. The Morgan fingerprint density at radius 2 is 1.57 bits per heavy atom. The number of phenolic OH excluding ortho intramolecular Hbond substituents is 3. The Labute approximate surface area is 247 Å². The molecular formula is C28H18Cl2N4O8. The van der Waals surface area contributed by atoms with Gasteiger partial charge < -0.3 is 37.8 Å². The molecule has 0 fully saturated rings. The van der Waals surface area contributed by atoms with Crippen LogP contribution in [0.5, 0.6) is 23.0 Å². The minimum absolute atomic E-state index is 0. The van der Waals surface area contributed by atoms with Gasteiger partial charge in [-0.15, -0.1) is 10.2 Å². The third-order valence-electron chi connectivity index (χ3n) is 5.99. The molecule has 0 aliphatic carbocycles. The number of carbonyl (C=O) groups is 4. The number of ketones is 1. The van der Waals surface area contributed by atoms with E-state index in [9.17, 15) is 34.5 Å². The predicted octanol–water partition coefficient (Wildman–Crippen LogP) is 0.575.